The average molecular weight is 285 g/mol. The Morgan fingerprint density at radius 3 is 2.24 bits per heavy atom. The van der Waals surface area contributed by atoms with Gasteiger partial charge in [-0.25, -0.2) is 0 Å². The summed E-state index contributed by atoms with van der Waals surface area (Å²) in [5.41, 5.74) is 11.2. The van der Waals surface area contributed by atoms with Crippen LogP contribution in [0, 0.1) is 20.8 Å². The molecule has 0 radical (unpaired) electrons. The first-order valence-corrected chi connectivity index (χ1v) is 7.16. The van der Waals surface area contributed by atoms with Crippen LogP contribution < -0.4 is 11.1 Å². The molecule has 1 aromatic heterocycles. The molecule has 2 aromatic rings. The number of aromatic nitrogens is 1. The summed E-state index contributed by atoms with van der Waals surface area (Å²) in [5, 5.41) is 3.02. The minimum Gasteiger partial charge on any atom is -0.397 e. The number of carbonyl (C=O) groups excluding carboxylic acids is 1. The van der Waals surface area contributed by atoms with Gasteiger partial charge in [0.2, 0.25) is 0 Å². The van der Waals surface area contributed by atoms with Gasteiger partial charge in [0.1, 0.15) is 5.69 Å². The summed E-state index contributed by atoms with van der Waals surface area (Å²) in [7, 11) is 0. The van der Waals surface area contributed by atoms with Gasteiger partial charge in [0.05, 0.1) is 5.69 Å². The highest BCUT2D eigenvalue weighted by Crippen LogP contribution is 2.24. The van der Waals surface area contributed by atoms with E-state index < -0.39 is 0 Å². The molecule has 0 bridgehead atoms. The number of hydrogen-bond acceptors (Lipinski definition) is 2. The third kappa shape index (κ3) is 3.10. The van der Waals surface area contributed by atoms with E-state index in [4.69, 9.17) is 5.73 Å². The first kappa shape index (κ1) is 15.2. The predicted octanol–water partition coefficient (Wildman–Crippen LogP) is 3.83. The number of hydrogen-bond donors (Lipinski definition) is 2. The highest BCUT2D eigenvalue weighted by atomic mass is 16.2. The number of nitrogen functional groups attached to an aromatic ring is 1. The van der Waals surface area contributed by atoms with Crippen molar-refractivity contribution in [1.82, 2.24) is 4.57 Å². The smallest absolute Gasteiger partial charge is 0.272 e. The Morgan fingerprint density at radius 2 is 1.71 bits per heavy atom. The standard InChI is InChI=1S/C17H23N3O/c1-10(2)20-9-14(18)8-15(20)17(21)19-16-12(4)6-11(3)7-13(16)5/h6-10H,18H2,1-5H3,(H,19,21). The molecule has 0 aliphatic carbocycles. The number of anilines is 2. The second-order valence-corrected chi connectivity index (χ2v) is 5.89. The van der Waals surface area contributed by atoms with Crippen LogP contribution in [-0.2, 0) is 0 Å². The van der Waals surface area contributed by atoms with Crippen molar-refractivity contribution in [2.24, 2.45) is 0 Å². The first-order valence-electron chi connectivity index (χ1n) is 7.16. The minimum absolute atomic E-state index is 0.129. The maximum absolute atomic E-state index is 12.6. The maximum Gasteiger partial charge on any atom is 0.272 e. The van der Waals surface area contributed by atoms with E-state index in [9.17, 15) is 4.79 Å². The van der Waals surface area contributed by atoms with Crippen LogP contribution in [0.25, 0.3) is 0 Å². The van der Waals surface area contributed by atoms with Crippen LogP contribution in [-0.4, -0.2) is 10.5 Å². The normalized spacial score (nSPS) is 11.0. The topological polar surface area (TPSA) is 60.1 Å². The second kappa shape index (κ2) is 5.64. The van der Waals surface area contributed by atoms with Crippen molar-refractivity contribution in [3.63, 3.8) is 0 Å². The molecule has 4 nitrogen and oxygen atoms in total. The molecule has 4 heteroatoms. The van der Waals surface area contributed by atoms with Crippen molar-refractivity contribution in [3.8, 4) is 0 Å². The van der Waals surface area contributed by atoms with Gasteiger partial charge in [-0.1, -0.05) is 17.7 Å². The quantitative estimate of drug-likeness (QED) is 0.900. The van der Waals surface area contributed by atoms with Gasteiger partial charge in [0, 0.05) is 17.9 Å². The Kier molecular flexibility index (Phi) is 4.07. The maximum atomic E-state index is 12.6. The largest absolute Gasteiger partial charge is 0.397 e. The number of benzene rings is 1. The molecule has 0 fully saturated rings. The molecule has 0 aliphatic heterocycles. The molecular formula is C17H23N3O. The lowest BCUT2D eigenvalue weighted by molar-refractivity contribution is 0.101. The van der Waals surface area contributed by atoms with Gasteiger partial charge in [-0.2, -0.15) is 0 Å². The highest BCUT2D eigenvalue weighted by Gasteiger charge is 2.16. The molecule has 1 amide bonds. The fourth-order valence-corrected chi connectivity index (χ4v) is 2.66. The summed E-state index contributed by atoms with van der Waals surface area (Å²) in [4.78, 5) is 12.6. The predicted molar refractivity (Wildman–Crippen MR) is 87.8 cm³/mol. The Balaban J connectivity index is 2.35. The number of nitrogens with two attached hydrogens (primary N) is 1. The lowest BCUT2D eigenvalue weighted by atomic mass is 10.0. The van der Waals surface area contributed by atoms with Crippen LogP contribution in [0.3, 0.4) is 0 Å². The van der Waals surface area contributed by atoms with E-state index in [0.717, 1.165) is 16.8 Å². The van der Waals surface area contributed by atoms with Crippen molar-refractivity contribution >= 4 is 17.3 Å². The van der Waals surface area contributed by atoms with Crippen LogP contribution in [0.5, 0.6) is 0 Å². The average Bonchev–Trinajstić information content (AvgIpc) is 2.76. The van der Waals surface area contributed by atoms with Crippen LogP contribution in [0.15, 0.2) is 24.4 Å². The third-order valence-electron chi connectivity index (χ3n) is 3.57. The van der Waals surface area contributed by atoms with Gasteiger partial charge >= 0.3 is 0 Å². The van der Waals surface area contributed by atoms with E-state index in [1.54, 1.807) is 12.3 Å². The van der Waals surface area contributed by atoms with Gasteiger partial charge in [0.15, 0.2) is 0 Å². The van der Waals surface area contributed by atoms with E-state index >= 15 is 0 Å². The Hall–Kier alpha value is -2.23. The lowest BCUT2D eigenvalue weighted by Crippen LogP contribution is -2.19. The zero-order valence-corrected chi connectivity index (χ0v) is 13.3. The second-order valence-electron chi connectivity index (χ2n) is 5.89. The number of nitrogens with zero attached hydrogens (tertiary/aromatic N) is 1. The van der Waals surface area contributed by atoms with Crippen LogP contribution in [0.1, 0.15) is 47.1 Å². The van der Waals surface area contributed by atoms with Crippen molar-refractivity contribution < 1.29 is 4.79 Å². The molecule has 0 atom stereocenters. The summed E-state index contributed by atoms with van der Waals surface area (Å²) in [6, 6.07) is 6.04. The van der Waals surface area contributed by atoms with E-state index in [-0.39, 0.29) is 11.9 Å². The number of carbonyl (C=O) groups is 1. The number of nitrogens with one attached hydrogen (secondary N) is 1. The summed E-state index contributed by atoms with van der Waals surface area (Å²) in [6.07, 6.45) is 1.80. The van der Waals surface area contributed by atoms with Crippen molar-refractivity contribution in [1.29, 1.82) is 0 Å². The highest BCUT2D eigenvalue weighted by molar-refractivity contribution is 6.04. The van der Waals surface area contributed by atoms with Gasteiger partial charge in [-0.05, 0) is 51.8 Å². The molecule has 1 aromatic carbocycles. The molecule has 2 rings (SSSR count). The summed E-state index contributed by atoms with van der Waals surface area (Å²) in [5.74, 6) is -0.129. The van der Waals surface area contributed by atoms with E-state index in [0.29, 0.717) is 11.4 Å². The monoisotopic (exact) mass is 285 g/mol. The Morgan fingerprint density at radius 1 is 1.14 bits per heavy atom. The zero-order valence-electron chi connectivity index (χ0n) is 13.3. The molecule has 0 saturated carbocycles. The first-order chi connectivity index (χ1) is 9.79. The minimum atomic E-state index is -0.129. The van der Waals surface area contributed by atoms with Crippen LogP contribution in [0.2, 0.25) is 0 Å². The molecule has 0 saturated heterocycles. The van der Waals surface area contributed by atoms with Crippen molar-refractivity contribution in [2.75, 3.05) is 11.1 Å². The van der Waals surface area contributed by atoms with E-state index in [1.165, 1.54) is 5.56 Å². The fraction of sp³-hybridized carbons (Fsp3) is 0.353. The zero-order chi connectivity index (χ0) is 15.7. The molecule has 21 heavy (non-hydrogen) atoms. The molecule has 3 N–H and O–H groups in total. The summed E-state index contributed by atoms with van der Waals surface area (Å²) >= 11 is 0. The Labute approximate surface area is 126 Å². The molecule has 0 spiro atoms. The van der Waals surface area contributed by atoms with E-state index in [1.807, 2.05) is 32.3 Å². The van der Waals surface area contributed by atoms with Crippen LogP contribution in [0.4, 0.5) is 11.4 Å². The number of rotatable bonds is 3. The number of aryl methyl sites for hydroxylation is 3. The molecule has 0 aliphatic rings. The molecular weight excluding hydrogens is 262 g/mol. The van der Waals surface area contributed by atoms with Crippen molar-refractivity contribution in [2.45, 2.75) is 40.7 Å². The van der Waals surface area contributed by atoms with Gasteiger partial charge in [-0.15, -0.1) is 0 Å². The number of amides is 1. The van der Waals surface area contributed by atoms with E-state index in [2.05, 4.69) is 24.4 Å². The lowest BCUT2D eigenvalue weighted by Gasteiger charge is -2.15. The summed E-state index contributed by atoms with van der Waals surface area (Å²) in [6.45, 7) is 10.1. The van der Waals surface area contributed by atoms with Gasteiger partial charge in [-0.3, -0.25) is 4.79 Å². The molecule has 1 heterocycles. The van der Waals surface area contributed by atoms with Gasteiger partial charge < -0.3 is 15.6 Å². The van der Waals surface area contributed by atoms with Crippen LogP contribution >= 0.6 is 0 Å². The Bertz CT molecular complexity index is 660. The van der Waals surface area contributed by atoms with Gasteiger partial charge in [0.25, 0.3) is 5.91 Å². The summed E-state index contributed by atoms with van der Waals surface area (Å²) < 4.78 is 1.89. The third-order valence-corrected chi connectivity index (χ3v) is 3.57. The molecule has 0 unspecified atom stereocenters. The molecule has 112 valence electrons. The SMILES string of the molecule is Cc1cc(C)c(NC(=O)c2cc(N)cn2C(C)C)c(C)c1. The fourth-order valence-electron chi connectivity index (χ4n) is 2.66. The van der Waals surface area contributed by atoms with Crippen molar-refractivity contribution in [3.05, 3.63) is 46.8 Å².